The topological polar surface area (TPSA) is 92.3 Å². The molecular formula is C21H26N2O4S2. The van der Waals surface area contributed by atoms with E-state index >= 15 is 0 Å². The summed E-state index contributed by atoms with van der Waals surface area (Å²) in [5.74, 6) is 0. The van der Waals surface area contributed by atoms with Gasteiger partial charge < -0.3 is 0 Å². The molecule has 0 heterocycles. The van der Waals surface area contributed by atoms with Gasteiger partial charge in [-0.05, 0) is 80.3 Å². The van der Waals surface area contributed by atoms with Crippen molar-refractivity contribution in [2.45, 2.75) is 67.3 Å². The third-order valence-corrected chi connectivity index (χ3v) is 8.59. The highest BCUT2D eigenvalue weighted by atomic mass is 32.2. The molecule has 1 fully saturated rings. The van der Waals surface area contributed by atoms with E-state index in [1.807, 2.05) is 6.07 Å². The van der Waals surface area contributed by atoms with Gasteiger partial charge in [0.15, 0.2) is 0 Å². The van der Waals surface area contributed by atoms with E-state index < -0.39 is 26.1 Å². The minimum atomic E-state index is -3.87. The summed E-state index contributed by atoms with van der Waals surface area (Å²) >= 11 is 0. The number of rotatable bonds is 7. The van der Waals surface area contributed by atoms with Crippen molar-refractivity contribution in [2.75, 3.05) is 0 Å². The second kappa shape index (κ2) is 7.83. The van der Waals surface area contributed by atoms with Gasteiger partial charge in [-0.15, -0.1) is 0 Å². The zero-order chi connectivity index (χ0) is 20.6. The molecule has 2 aliphatic rings. The average Bonchev–Trinajstić information content (AvgIpc) is 3.50. The maximum atomic E-state index is 12.9. The smallest absolute Gasteiger partial charge is 0.208 e. The van der Waals surface area contributed by atoms with Crippen molar-refractivity contribution in [3.63, 3.8) is 0 Å². The van der Waals surface area contributed by atoms with Crippen LogP contribution in [0.25, 0.3) is 0 Å². The number of fused-ring (bicyclic) bond motifs is 1. The van der Waals surface area contributed by atoms with Crippen LogP contribution in [0.2, 0.25) is 0 Å². The maximum Gasteiger partial charge on any atom is 0.241 e. The Balaban J connectivity index is 1.55. The van der Waals surface area contributed by atoms with E-state index in [9.17, 15) is 16.8 Å². The van der Waals surface area contributed by atoms with Crippen LogP contribution in [0.5, 0.6) is 0 Å². The molecule has 0 aliphatic heterocycles. The summed E-state index contributed by atoms with van der Waals surface area (Å²) in [6.45, 7) is 1.80. The molecule has 1 atom stereocenters. The normalized spacial score (nSPS) is 18.2. The van der Waals surface area contributed by atoms with Crippen LogP contribution >= 0.6 is 0 Å². The molecule has 0 saturated heterocycles. The molecule has 29 heavy (non-hydrogen) atoms. The number of nitrogens with one attached hydrogen (secondary N) is 2. The van der Waals surface area contributed by atoms with Crippen molar-refractivity contribution in [1.82, 2.24) is 9.44 Å². The summed E-state index contributed by atoms with van der Waals surface area (Å²) < 4.78 is 55.9. The van der Waals surface area contributed by atoms with Crippen LogP contribution in [0.3, 0.4) is 0 Å². The lowest BCUT2D eigenvalue weighted by atomic mass is 9.89. The van der Waals surface area contributed by atoms with Gasteiger partial charge in [-0.25, -0.2) is 26.3 Å². The van der Waals surface area contributed by atoms with Crippen LogP contribution in [0, 0.1) is 0 Å². The fourth-order valence-electron chi connectivity index (χ4n) is 3.69. The van der Waals surface area contributed by atoms with Crippen molar-refractivity contribution in [2.24, 2.45) is 0 Å². The van der Waals surface area contributed by atoms with Crippen molar-refractivity contribution < 1.29 is 16.8 Å². The van der Waals surface area contributed by atoms with Crippen LogP contribution in [0.1, 0.15) is 55.3 Å². The minimum Gasteiger partial charge on any atom is -0.208 e. The van der Waals surface area contributed by atoms with E-state index in [1.165, 1.54) is 41.8 Å². The van der Waals surface area contributed by atoms with Crippen molar-refractivity contribution in [1.29, 1.82) is 0 Å². The van der Waals surface area contributed by atoms with E-state index in [2.05, 4.69) is 21.6 Å². The number of aryl methyl sites for hydroxylation is 2. The van der Waals surface area contributed by atoms with Gasteiger partial charge in [0.2, 0.25) is 20.0 Å². The third-order valence-electron chi connectivity index (χ3n) is 5.53. The van der Waals surface area contributed by atoms with Crippen molar-refractivity contribution in [3.05, 3.63) is 59.2 Å². The fraction of sp³-hybridized carbons (Fsp3) is 0.429. The molecule has 0 radical (unpaired) electrons. The van der Waals surface area contributed by atoms with Crippen LogP contribution in [0.4, 0.5) is 0 Å². The molecule has 0 spiro atoms. The second-order valence-corrected chi connectivity index (χ2v) is 11.4. The zero-order valence-corrected chi connectivity index (χ0v) is 18.0. The summed E-state index contributed by atoms with van der Waals surface area (Å²) in [5.41, 5.74) is 3.54. The molecule has 6 nitrogen and oxygen atoms in total. The first-order chi connectivity index (χ1) is 13.7. The first kappa shape index (κ1) is 20.5. The molecule has 0 amide bonds. The second-order valence-electron chi connectivity index (χ2n) is 7.95. The monoisotopic (exact) mass is 434 g/mol. The van der Waals surface area contributed by atoms with E-state index in [1.54, 1.807) is 6.92 Å². The highest BCUT2D eigenvalue weighted by Crippen LogP contribution is 2.26. The molecule has 2 aliphatic carbocycles. The third kappa shape index (κ3) is 4.71. The Morgan fingerprint density at radius 1 is 0.862 bits per heavy atom. The minimum absolute atomic E-state index is 0.0336. The Bertz CT molecular complexity index is 1120. The van der Waals surface area contributed by atoms with Crippen LogP contribution < -0.4 is 9.44 Å². The van der Waals surface area contributed by atoms with Gasteiger partial charge in [-0.2, -0.15) is 0 Å². The number of sulfonamides is 2. The highest BCUT2D eigenvalue weighted by molar-refractivity contribution is 7.90. The molecule has 8 heteroatoms. The summed E-state index contributed by atoms with van der Waals surface area (Å²) in [4.78, 5) is -0.0882. The van der Waals surface area contributed by atoms with Gasteiger partial charge in [0.25, 0.3) is 0 Å². The Morgan fingerprint density at radius 3 is 2.21 bits per heavy atom. The van der Waals surface area contributed by atoms with E-state index in [0.717, 1.165) is 37.7 Å². The van der Waals surface area contributed by atoms with Gasteiger partial charge in [0.05, 0.1) is 9.79 Å². The molecule has 0 bridgehead atoms. The summed E-state index contributed by atoms with van der Waals surface area (Å²) in [7, 11) is -7.58. The number of hydrogen-bond donors (Lipinski definition) is 2. The van der Waals surface area contributed by atoms with Gasteiger partial charge >= 0.3 is 0 Å². The Kier molecular flexibility index (Phi) is 5.54. The molecule has 0 aromatic heterocycles. The largest absolute Gasteiger partial charge is 0.241 e. The first-order valence-electron chi connectivity index (χ1n) is 10.0. The van der Waals surface area contributed by atoms with Gasteiger partial charge in [0.1, 0.15) is 0 Å². The van der Waals surface area contributed by atoms with E-state index in [0.29, 0.717) is 0 Å². The molecule has 2 aromatic carbocycles. The average molecular weight is 435 g/mol. The standard InChI is InChI=1S/C21H26N2O4S2/c1-15(17-10-9-16-5-2-3-6-18(16)13-17)22-28(24,25)20-7-4-8-21(14-20)29(26,27)23-19-11-12-19/h4,7-10,13-15,19,22-23H,2-3,5-6,11-12H2,1H3. The molecular weight excluding hydrogens is 408 g/mol. The number of benzene rings is 2. The highest BCUT2D eigenvalue weighted by Gasteiger charge is 2.29. The van der Waals surface area contributed by atoms with Crippen LogP contribution in [-0.2, 0) is 32.9 Å². The van der Waals surface area contributed by atoms with Gasteiger partial charge in [-0.3, -0.25) is 0 Å². The van der Waals surface area contributed by atoms with Crippen LogP contribution in [-0.4, -0.2) is 22.9 Å². The molecule has 156 valence electrons. The first-order valence-corrected chi connectivity index (χ1v) is 13.0. The van der Waals surface area contributed by atoms with Gasteiger partial charge in [-0.1, -0.05) is 24.3 Å². The van der Waals surface area contributed by atoms with Crippen molar-refractivity contribution in [3.8, 4) is 0 Å². The SMILES string of the molecule is CC(NS(=O)(=O)c1cccc(S(=O)(=O)NC2CC2)c1)c1ccc2c(c1)CCCC2. The lowest BCUT2D eigenvalue weighted by molar-refractivity contribution is 0.566. The van der Waals surface area contributed by atoms with Gasteiger partial charge in [0, 0.05) is 12.1 Å². The molecule has 2 aromatic rings. The molecule has 1 unspecified atom stereocenters. The number of hydrogen-bond acceptors (Lipinski definition) is 4. The Morgan fingerprint density at radius 2 is 1.52 bits per heavy atom. The Hall–Kier alpha value is -1.74. The predicted octanol–water partition coefficient (Wildman–Crippen LogP) is 3.05. The quantitative estimate of drug-likeness (QED) is 0.701. The molecule has 2 N–H and O–H groups in total. The van der Waals surface area contributed by atoms with Crippen LogP contribution in [0.15, 0.2) is 52.3 Å². The summed E-state index contributed by atoms with van der Waals surface area (Å²) in [6.07, 6.45) is 6.09. The molecule has 1 saturated carbocycles. The summed E-state index contributed by atoms with van der Waals surface area (Å²) in [5, 5.41) is 0. The lowest BCUT2D eigenvalue weighted by Crippen LogP contribution is -2.28. The molecule has 4 rings (SSSR count). The van der Waals surface area contributed by atoms with Crippen molar-refractivity contribution >= 4 is 20.0 Å². The Labute approximate surface area is 172 Å². The predicted molar refractivity (Wildman–Crippen MR) is 112 cm³/mol. The summed E-state index contributed by atoms with van der Waals surface area (Å²) in [6, 6.07) is 11.2. The zero-order valence-electron chi connectivity index (χ0n) is 16.4. The van der Waals surface area contributed by atoms with E-state index in [-0.39, 0.29) is 15.8 Å². The van der Waals surface area contributed by atoms with E-state index in [4.69, 9.17) is 0 Å². The fourth-order valence-corrected chi connectivity index (χ4v) is 6.39. The lowest BCUT2D eigenvalue weighted by Gasteiger charge is -2.20. The maximum absolute atomic E-state index is 12.9.